The van der Waals surface area contributed by atoms with Gasteiger partial charge in [-0.25, -0.2) is 4.98 Å². The smallest absolute Gasteiger partial charge is 0.263 e. The largest absolute Gasteiger partial charge is 0.490 e. The molecule has 4 rings (SSSR count). The van der Waals surface area contributed by atoms with Gasteiger partial charge in [0.2, 0.25) is 0 Å². The fraction of sp³-hybridized carbons (Fsp3) is 0.619. The molecule has 0 bridgehead atoms. The third-order valence-corrected chi connectivity index (χ3v) is 6.98. The van der Waals surface area contributed by atoms with Crippen LogP contribution in [-0.2, 0) is 9.47 Å². The first-order valence-corrected chi connectivity index (χ1v) is 11.3. The topological polar surface area (TPSA) is 66.9 Å². The van der Waals surface area contributed by atoms with Crippen molar-refractivity contribution >= 4 is 22.4 Å². The van der Waals surface area contributed by atoms with Crippen LogP contribution in [0, 0.1) is 5.92 Å². The van der Waals surface area contributed by atoms with E-state index in [1.165, 1.54) is 16.9 Å². The monoisotopic (exact) mass is 418 g/mol. The van der Waals surface area contributed by atoms with Gasteiger partial charge in [0.05, 0.1) is 6.20 Å². The molecular formula is C21H30N4O3S. The minimum absolute atomic E-state index is 0.0377. The number of carbonyl (C=O) groups is 1. The van der Waals surface area contributed by atoms with E-state index >= 15 is 0 Å². The van der Waals surface area contributed by atoms with Crippen LogP contribution in [0.15, 0.2) is 29.4 Å². The van der Waals surface area contributed by atoms with E-state index < -0.39 is 0 Å². The molecular weight excluding hydrogens is 388 g/mol. The maximum absolute atomic E-state index is 12.0. The van der Waals surface area contributed by atoms with Crippen LogP contribution in [0.4, 0.5) is 5.13 Å². The first-order chi connectivity index (χ1) is 14.1. The summed E-state index contributed by atoms with van der Waals surface area (Å²) in [7, 11) is 0. The quantitative estimate of drug-likeness (QED) is 0.793. The van der Waals surface area contributed by atoms with Crippen LogP contribution in [0.2, 0.25) is 0 Å². The Morgan fingerprint density at radius 1 is 1.31 bits per heavy atom. The molecule has 8 heteroatoms. The number of hydrogen-bond donors (Lipinski definition) is 1. The van der Waals surface area contributed by atoms with Crippen molar-refractivity contribution in [1.29, 1.82) is 0 Å². The van der Waals surface area contributed by atoms with Crippen LogP contribution >= 0.6 is 11.3 Å². The number of ether oxygens (including phenoxy) is 2. The van der Waals surface area contributed by atoms with Gasteiger partial charge in [0.15, 0.2) is 10.9 Å². The van der Waals surface area contributed by atoms with Crippen molar-refractivity contribution in [3.05, 3.63) is 34.2 Å². The molecule has 29 heavy (non-hydrogen) atoms. The minimum atomic E-state index is -0.0377. The van der Waals surface area contributed by atoms with Crippen LogP contribution in [0.1, 0.15) is 36.9 Å². The van der Waals surface area contributed by atoms with E-state index in [1.54, 1.807) is 6.20 Å². The molecule has 1 aromatic rings. The lowest BCUT2D eigenvalue weighted by molar-refractivity contribution is 0.0575. The first kappa shape index (κ1) is 20.2. The number of hydrogen-bond acceptors (Lipinski definition) is 7. The van der Waals surface area contributed by atoms with Gasteiger partial charge in [-0.3, -0.25) is 9.69 Å². The van der Waals surface area contributed by atoms with Gasteiger partial charge in [0.1, 0.15) is 23.9 Å². The van der Waals surface area contributed by atoms with Gasteiger partial charge in [0.25, 0.3) is 5.91 Å². The summed E-state index contributed by atoms with van der Waals surface area (Å²) >= 11 is 1.47. The number of rotatable bonds is 5. The lowest BCUT2D eigenvalue weighted by atomic mass is 9.86. The molecule has 2 aliphatic heterocycles. The third kappa shape index (κ3) is 4.28. The lowest BCUT2D eigenvalue weighted by Gasteiger charge is -2.41. The molecule has 1 N–H and O–H groups in total. The van der Waals surface area contributed by atoms with Crippen LogP contribution < -0.4 is 10.2 Å². The van der Waals surface area contributed by atoms with Gasteiger partial charge in [-0.05, 0) is 31.4 Å². The average molecular weight is 419 g/mol. The standard InChI is InChI=1S/C21H30N4O3S/c1-4-22-20(26)19-13-23-21(29-19)25-7-5-24(6-8-25)15(3)16-12-18-17(11-14(16)2)27-9-10-28-18/h12-15H,4-11H2,1-3H3,(H,22,26)/t14?,15-/m1/s1. The van der Waals surface area contributed by atoms with Gasteiger partial charge in [-0.1, -0.05) is 18.3 Å². The molecule has 1 unspecified atom stereocenters. The van der Waals surface area contributed by atoms with Crippen molar-refractivity contribution in [2.45, 2.75) is 33.2 Å². The highest BCUT2D eigenvalue weighted by molar-refractivity contribution is 7.17. The summed E-state index contributed by atoms with van der Waals surface area (Å²) in [5.41, 5.74) is 1.43. The molecule has 3 heterocycles. The zero-order chi connectivity index (χ0) is 20.4. The summed E-state index contributed by atoms with van der Waals surface area (Å²) in [6.07, 6.45) is 4.82. The van der Waals surface area contributed by atoms with E-state index in [-0.39, 0.29) is 5.91 Å². The summed E-state index contributed by atoms with van der Waals surface area (Å²) in [6, 6.07) is 0.369. The molecule has 1 amide bonds. The fourth-order valence-corrected chi connectivity index (χ4v) is 5.13. The molecule has 1 aromatic heterocycles. The summed E-state index contributed by atoms with van der Waals surface area (Å²) in [5.74, 6) is 2.36. The molecule has 0 saturated carbocycles. The average Bonchev–Trinajstić information content (AvgIpc) is 3.23. The number of nitrogens with one attached hydrogen (secondary N) is 1. The Balaban J connectivity index is 1.37. The maximum Gasteiger partial charge on any atom is 0.263 e. The second kappa shape index (κ2) is 8.75. The summed E-state index contributed by atoms with van der Waals surface area (Å²) < 4.78 is 11.6. The Hall–Kier alpha value is -2.06. The highest BCUT2D eigenvalue weighted by atomic mass is 32.1. The predicted molar refractivity (Wildman–Crippen MR) is 114 cm³/mol. The Kier molecular flexibility index (Phi) is 6.10. The highest BCUT2D eigenvalue weighted by Crippen LogP contribution is 2.35. The number of allylic oxidation sites excluding steroid dienone is 2. The number of anilines is 1. The molecule has 0 aromatic carbocycles. The molecule has 0 spiro atoms. The molecule has 1 saturated heterocycles. The lowest BCUT2D eigenvalue weighted by Crippen LogP contribution is -2.50. The van der Waals surface area contributed by atoms with Crippen molar-refractivity contribution in [2.75, 3.05) is 50.8 Å². The van der Waals surface area contributed by atoms with Crippen LogP contribution in [0.3, 0.4) is 0 Å². The second-order valence-electron chi connectivity index (χ2n) is 7.80. The number of carbonyl (C=O) groups excluding carboxylic acids is 1. The molecule has 7 nitrogen and oxygen atoms in total. The molecule has 0 radical (unpaired) electrons. The summed E-state index contributed by atoms with van der Waals surface area (Å²) in [4.78, 5) is 22.0. The molecule has 158 valence electrons. The molecule has 3 aliphatic rings. The Labute approximate surface area is 176 Å². The van der Waals surface area contributed by atoms with Crippen LogP contribution in [0.25, 0.3) is 0 Å². The van der Waals surface area contributed by atoms with E-state index in [4.69, 9.17) is 9.47 Å². The number of nitrogens with zero attached hydrogens (tertiary/aromatic N) is 3. The Bertz CT molecular complexity index is 811. The van der Waals surface area contributed by atoms with Gasteiger partial charge < -0.3 is 19.7 Å². The Morgan fingerprint density at radius 3 is 2.83 bits per heavy atom. The zero-order valence-electron chi connectivity index (χ0n) is 17.4. The maximum atomic E-state index is 12.0. The number of amides is 1. The fourth-order valence-electron chi connectivity index (χ4n) is 4.25. The second-order valence-corrected chi connectivity index (χ2v) is 8.81. The molecule has 2 atom stereocenters. The number of piperazine rings is 1. The van der Waals surface area contributed by atoms with Crippen molar-refractivity contribution in [2.24, 2.45) is 5.92 Å². The van der Waals surface area contributed by atoms with Gasteiger partial charge in [-0.15, -0.1) is 0 Å². The molecule has 1 aliphatic carbocycles. The van der Waals surface area contributed by atoms with Gasteiger partial charge >= 0.3 is 0 Å². The van der Waals surface area contributed by atoms with Crippen molar-refractivity contribution in [1.82, 2.24) is 15.2 Å². The number of aromatic nitrogens is 1. The van der Waals surface area contributed by atoms with Crippen molar-refractivity contribution in [3.8, 4) is 0 Å². The van der Waals surface area contributed by atoms with E-state index in [2.05, 4.69) is 40.0 Å². The summed E-state index contributed by atoms with van der Waals surface area (Å²) in [5, 5.41) is 3.77. The van der Waals surface area contributed by atoms with Crippen molar-refractivity contribution < 1.29 is 14.3 Å². The third-order valence-electron chi connectivity index (χ3n) is 5.92. The predicted octanol–water partition coefficient (Wildman–Crippen LogP) is 2.63. The highest BCUT2D eigenvalue weighted by Gasteiger charge is 2.31. The van der Waals surface area contributed by atoms with Crippen LogP contribution in [0.5, 0.6) is 0 Å². The van der Waals surface area contributed by atoms with E-state index in [9.17, 15) is 4.79 Å². The SMILES string of the molecule is CCNC(=O)c1cnc(N2CCN([C@H](C)C3=CC4=C(CC3C)OCCO4)CC2)s1. The van der Waals surface area contributed by atoms with Crippen molar-refractivity contribution in [3.63, 3.8) is 0 Å². The zero-order valence-corrected chi connectivity index (χ0v) is 18.3. The van der Waals surface area contributed by atoms with E-state index in [0.29, 0.717) is 36.6 Å². The van der Waals surface area contributed by atoms with Gasteiger partial charge in [-0.2, -0.15) is 0 Å². The Morgan fingerprint density at radius 2 is 2.07 bits per heavy atom. The van der Waals surface area contributed by atoms with Crippen LogP contribution in [-0.4, -0.2) is 67.8 Å². The van der Waals surface area contributed by atoms with Gasteiger partial charge in [0, 0.05) is 45.2 Å². The first-order valence-electron chi connectivity index (χ1n) is 10.5. The normalized spacial score (nSPS) is 23.6. The number of thiazole rings is 1. The summed E-state index contributed by atoms with van der Waals surface area (Å²) in [6.45, 7) is 12.2. The van der Waals surface area contributed by atoms with E-state index in [1.807, 2.05) is 6.92 Å². The minimum Gasteiger partial charge on any atom is -0.490 e. The molecule has 1 fully saturated rings. The van der Waals surface area contributed by atoms with E-state index in [0.717, 1.165) is 49.2 Å².